The van der Waals surface area contributed by atoms with Gasteiger partial charge in [0.2, 0.25) is 11.9 Å². The maximum Gasteiger partial charge on any atom is 0.416 e. The third-order valence-corrected chi connectivity index (χ3v) is 4.49. The number of nitrogens with one attached hydrogen (secondary N) is 1. The first-order chi connectivity index (χ1) is 12.3. The Balaban J connectivity index is 1.69. The number of alkyl halides is 3. The van der Waals surface area contributed by atoms with Crippen LogP contribution in [0.15, 0.2) is 41.1 Å². The lowest BCUT2D eigenvalue weighted by Gasteiger charge is -2.32. The summed E-state index contributed by atoms with van der Waals surface area (Å²) >= 11 is 3.24. The van der Waals surface area contributed by atoms with Gasteiger partial charge >= 0.3 is 6.18 Å². The van der Waals surface area contributed by atoms with Gasteiger partial charge in [0.15, 0.2) is 0 Å². The van der Waals surface area contributed by atoms with Gasteiger partial charge in [0, 0.05) is 25.5 Å². The highest BCUT2D eigenvalue weighted by Crippen LogP contribution is 2.30. The first-order valence-corrected chi connectivity index (χ1v) is 8.81. The van der Waals surface area contributed by atoms with E-state index in [1.807, 2.05) is 0 Å². The average molecular weight is 429 g/mol. The molecule has 1 N–H and O–H groups in total. The highest BCUT2D eigenvalue weighted by molar-refractivity contribution is 9.10. The van der Waals surface area contributed by atoms with Crippen LogP contribution in [0.3, 0.4) is 0 Å². The van der Waals surface area contributed by atoms with Gasteiger partial charge in [0.1, 0.15) is 6.04 Å². The van der Waals surface area contributed by atoms with Crippen molar-refractivity contribution in [2.24, 2.45) is 0 Å². The lowest BCUT2D eigenvalue weighted by Crippen LogP contribution is -2.47. The number of aromatic nitrogens is 2. The summed E-state index contributed by atoms with van der Waals surface area (Å²) in [5.41, 5.74) is -0.258. The minimum absolute atomic E-state index is 0.141. The van der Waals surface area contributed by atoms with E-state index in [2.05, 4.69) is 31.2 Å². The summed E-state index contributed by atoms with van der Waals surface area (Å²) in [6, 6.07) is 4.57. The average Bonchev–Trinajstić information content (AvgIpc) is 2.60. The number of hydrogen-bond donors (Lipinski definition) is 1. The maximum absolute atomic E-state index is 12.8. The summed E-state index contributed by atoms with van der Waals surface area (Å²) in [5, 5.41) is 2.99. The van der Waals surface area contributed by atoms with Crippen molar-refractivity contribution >= 4 is 27.8 Å². The maximum atomic E-state index is 12.8. The molecular formula is C17H16BrF3N4O. The zero-order valence-electron chi connectivity index (χ0n) is 13.6. The van der Waals surface area contributed by atoms with Gasteiger partial charge in [0.25, 0.3) is 0 Å². The number of nitrogens with zero attached hydrogens (tertiary/aromatic N) is 3. The zero-order chi connectivity index (χ0) is 18.7. The van der Waals surface area contributed by atoms with E-state index in [1.165, 1.54) is 6.07 Å². The third-order valence-electron chi connectivity index (χ3n) is 4.08. The number of carbonyl (C=O) groups is 1. The number of halogens is 4. The molecule has 5 nitrogen and oxygen atoms in total. The van der Waals surface area contributed by atoms with Crippen LogP contribution in [0.4, 0.5) is 19.1 Å². The van der Waals surface area contributed by atoms with E-state index in [1.54, 1.807) is 23.4 Å². The second-order valence-electron chi connectivity index (χ2n) is 6.02. The number of likely N-dealkylation sites (tertiary alicyclic amines) is 1. The molecule has 138 valence electrons. The van der Waals surface area contributed by atoms with E-state index in [0.717, 1.165) is 23.0 Å². The topological polar surface area (TPSA) is 58.1 Å². The van der Waals surface area contributed by atoms with Crippen LogP contribution in [0.25, 0.3) is 0 Å². The number of hydrogen-bond acceptors (Lipinski definition) is 4. The Hall–Kier alpha value is -2.16. The van der Waals surface area contributed by atoms with Gasteiger partial charge in [-0.2, -0.15) is 13.2 Å². The normalized spacial score (nSPS) is 18.1. The quantitative estimate of drug-likeness (QED) is 0.802. The number of benzene rings is 1. The van der Waals surface area contributed by atoms with Gasteiger partial charge < -0.3 is 10.2 Å². The van der Waals surface area contributed by atoms with E-state index in [-0.39, 0.29) is 12.5 Å². The Morgan fingerprint density at radius 1 is 1.27 bits per heavy atom. The van der Waals surface area contributed by atoms with Crippen molar-refractivity contribution in [2.45, 2.75) is 31.6 Å². The first kappa shape index (κ1) is 18.6. The minimum Gasteiger partial charge on any atom is -0.342 e. The Bertz CT molecular complexity index is 782. The second kappa shape index (κ2) is 7.61. The van der Waals surface area contributed by atoms with Crippen LogP contribution in [-0.2, 0) is 17.5 Å². The molecule has 1 aliphatic rings. The molecule has 1 saturated heterocycles. The van der Waals surface area contributed by atoms with E-state index in [9.17, 15) is 18.0 Å². The molecule has 0 bridgehead atoms. The highest BCUT2D eigenvalue weighted by atomic mass is 79.9. The van der Waals surface area contributed by atoms with Gasteiger partial charge in [-0.15, -0.1) is 0 Å². The van der Waals surface area contributed by atoms with Crippen LogP contribution in [0, 0.1) is 0 Å². The third kappa shape index (κ3) is 4.51. The molecule has 1 atom stereocenters. The molecule has 0 spiro atoms. The predicted octanol–water partition coefficient (Wildman–Crippen LogP) is 3.86. The lowest BCUT2D eigenvalue weighted by atomic mass is 10.0. The van der Waals surface area contributed by atoms with E-state index in [4.69, 9.17) is 0 Å². The van der Waals surface area contributed by atoms with E-state index >= 15 is 0 Å². The summed E-state index contributed by atoms with van der Waals surface area (Å²) in [7, 11) is 0. The largest absolute Gasteiger partial charge is 0.416 e. The lowest BCUT2D eigenvalue weighted by molar-refractivity contribution is -0.137. The van der Waals surface area contributed by atoms with Crippen LogP contribution in [0.1, 0.15) is 24.0 Å². The van der Waals surface area contributed by atoms with Gasteiger partial charge in [-0.25, -0.2) is 9.97 Å². The Morgan fingerprint density at radius 3 is 2.69 bits per heavy atom. The molecule has 2 aromatic rings. The minimum atomic E-state index is -4.40. The summed E-state index contributed by atoms with van der Waals surface area (Å²) in [6.07, 6.45) is 0.118. The summed E-state index contributed by atoms with van der Waals surface area (Å²) in [4.78, 5) is 22.4. The standard InChI is InChI=1S/C17H16BrF3N4O/c18-13-8-22-16(23-9-13)24-14-5-2-6-25(15(14)26)10-11-3-1-4-12(7-11)17(19,20)21/h1,3-4,7-9,14H,2,5-6,10H2,(H,22,23,24). The van der Waals surface area contributed by atoms with Crippen LogP contribution < -0.4 is 5.32 Å². The van der Waals surface area contributed by atoms with E-state index < -0.39 is 17.8 Å². The molecule has 0 saturated carbocycles. The zero-order valence-corrected chi connectivity index (χ0v) is 15.2. The number of rotatable bonds is 4. The molecule has 1 aliphatic heterocycles. The molecule has 1 aromatic heterocycles. The van der Waals surface area contributed by atoms with Gasteiger partial charge in [-0.1, -0.05) is 12.1 Å². The number of carbonyl (C=O) groups excluding carboxylic acids is 1. The molecule has 1 amide bonds. The van der Waals surface area contributed by atoms with Gasteiger partial charge in [-0.05, 0) is 46.5 Å². The molecule has 0 aliphatic carbocycles. The molecule has 1 unspecified atom stereocenters. The fourth-order valence-corrected chi connectivity index (χ4v) is 3.05. The number of anilines is 1. The van der Waals surface area contributed by atoms with Crippen molar-refractivity contribution in [1.29, 1.82) is 0 Å². The Kier molecular flexibility index (Phi) is 5.45. The SMILES string of the molecule is O=C1C(Nc2ncc(Br)cn2)CCCN1Cc1cccc(C(F)(F)F)c1. The van der Waals surface area contributed by atoms with Crippen LogP contribution in [0.5, 0.6) is 0 Å². The molecule has 0 radical (unpaired) electrons. The number of piperidine rings is 1. The molecular weight excluding hydrogens is 413 g/mol. The fourth-order valence-electron chi connectivity index (χ4n) is 2.84. The molecule has 3 rings (SSSR count). The van der Waals surface area contributed by atoms with Crippen LogP contribution >= 0.6 is 15.9 Å². The Labute approximate surface area is 156 Å². The van der Waals surface area contributed by atoms with Crippen molar-refractivity contribution in [3.05, 3.63) is 52.3 Å². The van der Waals surface area contributed by atoms with Crippen LogP contribution in [0.2, 0.25) is 0 Å². The van der Waals surface area contributed by atoms with Crippen molar-refractivity contribution in [1.82, 2.24) is 14.9 Å². The summed E-state index contributed by atoms with van der Waals surface area (Å²) in [5.74, 6) is 0.174. The van der Waals surface area contributed by atoms with Crippen LogP contribution in [-0.4, -0.2) is 33.4 Å². The smallest absolute Gasteiger partial charge is 0.342 e. The fraction of sp³-hybridized carbons (Fsp3) is 0.353. The van der Waals surface area contributed by atoms with E-state index in [0.29, 0.717) is 24.5 Å². The summed E-state index contributed by atoms with van der Waals surface area (Å²) < 4.78 is 39.3. The Morgan fingerprint density at radius 2 is 2.00 bits per heavy atom. The van der Waals surface area contributed by atoms with Crippen molar-refractivity contribution in [3.8, 4) is 0 Å². The summed E-state index contributed by atoms with van der Waals surface area (Å²) in [6.45, 7) is 0.649. The molecule has 1 aromatic carbocycles. The van der Waals surface area contributed by atoms with Crippen molar-refractivity contribution in [3.63, 3.8) is 0 Å². The predicted molar refractivity (Wildman–Crippen MR) is 93.2 cm³/mol. The molecule has 1 fully saturated rings. The second-order valence-corrected chi connectivity index (χ2v) is 6.94. The van der Waals surface area contributed by atoms with Gasteiger partial charge in [-0.3, -0.25) is 4.79 Å². The first-order valence-electron chi connectivity index (χ1n) is 8.02. The monoisotopic (exact) mass is 428 g/mol. The molecule has 9 heteroatoms. The van der Waals surface area contributed by atoms with Crippen molar-refractivity contribution < 1.29 is 18.0 Å². The van der Waals surface area contributed by atoms with Crippen molar-refractivity contribution in [2.75, 3.05) is 11.9 Å². The molecule has 26 heavy (non-hydrogen) atoms. The van der Waals surface area contributed by atoms with Gasteiger partial charge in [0.05, 0.1) is 10.0 Å². The number of amides is 1. The molecule has 2 heterocycles. The highest BCUT2D eigenvalue weighted by Gasteiger charge is 2.32.